The second kappa shape index (κ2) is 8.71. The first-order valence-electron chi connectivity index (χ1n) is 9.34. The zero-order chi connectivity index (χ0) is 21.1. The van der Waals surface area contributed by atoms with Gasteiger partial charge in [-0.2, -0.15) is 0 Å². The van der Waals surface area contributed by atoms with Gasteiger partial charge in [0.15, 0.2) is 5.13 Å². The molecule has 7 heteroatoms. The molecule has 0 saturated carbocycles. The largest absolute Gasteiger partial charge is 0.465 e. The first kappa shape index (κ1) is 21.0. The molecule has 1 amide bonds. The van der Waals surface area contributed by atoms with Crippen LogP contribution in [0.5, 0.6) is 0 Å². The number of thiazole rings is 1. The van der Waals surface area contributed by atoms with Crippen LogP contribution in [0, 0.1) is 13.8 Å². The lowest BCUT2D eigenvalue weighted by Crippen LogP contribution is -2.37. The summed E-state index contributed by atoms with van der Waals surface area (Å²) in [7, 11) is 5.22. The van der Waals surface area contributed by atoms with E-state index in [9.17, 15) is 9.59 Å². The van der Waals surface area contributed by atoms with Crippen LogP contribution >= 0.6 is 11.3 Å². The van der Waals surface area contributed by atoms with Crippen LogP contribution in [0.15, 0.2) is 36.4 Å². The maximum Gasteiger partial charge on any atom is 0.338 e. The summed E-state index contributed by atoms with van der Waals surface area (Å²) in [5.41, 5.74) is 3.75. The molecule has 0 atom stereocenters. The summed E-state index contributed by atoms with van der Waals surface area (Å²) in [6, 6.07) is 10.8. The third-order valence-electron chi connectivity index (χ3n) is 4.88. The highest BCUT2D eigenvalue weighted by Crippen LogP contribution is 2.32. The monoisotopic (exact) mass is 411 g/mol. The lowest BCUT2D eigenvalue weighted by atomic mass is 10.1. The minimum absolute atomic E-state index is 0.253. The van der Waals surface area contributed by atoms with Crippen LogP contribution in [-0.2, 0) is 4.74 Å². The summed E-state index contributed by atoms with van der Waals surface area (Å²) in [6.45, 7) is 5.22. The first-order valence-corrected chi connectivity index (χ1v) is 10.2. The van der Waals surface area contributed by atoms with E-state index in [0.717, 1.165) is 21.3 Å². The van der Waals surface area contributed by atoms with E-state index >= 15 is 0 Å². The Kier molecular flexibility index (Phi) is 6.30. The molecule has 2 aromatic carbocycles. The predicted octanol–water partition coefficient (Wildman–Crippen LogP) is 3.91. The van der Waals surface area contributed by atoms with Crippen LogP contribution in [0.3, 0.4) is 0 Å². The first-order chi connectivity index (χ1) is 13.8. The number of aryl methyl sites for hydroxylation is 2. The van der Waals surface area contributed by atoms with Gasteiger partial charge in [0.25, 0.3) is 5.91 Å². The number of anilines is 1. The van der Waals surface area contributed by atoms with E-state index in [1.54, 1.807) is 29.2 Å². The van der Waals surface area contributed by atoms with Crippen molar-refractivity contribution >= 4 is 38.6 Å². The lowest BCUT2D eigenvalue weighted by Gasteiger charge is -2.22. The Labute approximate surface area is 174 Å². The molecule has 6 nitrogen and oxygen atoms in total. The van der Waals surface area contributed by atoms with Crippen molar-refractivity contribution in [2.24, 2.45) is 0 Å². The van der Waals surface area contributed by atoms with Crippen molar-refractivity contribution < 1.29 is 14.3 Å². The summed E-state index contributed by atoms with van der Waals surface area (Å²) < 4.78 is 5.89. The topological polar surface area (TPSA) is 62.7 Å². The zero-order valence-corrected chi connectivity index (χ0v) is 18.2. The molecular formula is C22H25N3O3S. The normalized spacial score (nSPS) is 11.1. The maximum absolute atomic E-state index is 13.5. The van der Waals surface area contributed by atoms with Gasteiger partial charge in [0.05, 0.1) is 28.5 Å². The minimum atomic E-state index is -0.530. The number of hydrogen-bond donors (Lipinski definition) is 0. The van der Waals surface area contributed by atoms with Crippen LogP contribution in [0.1, 0.15) is 31.8 Å². The Morgan fingerprint density at radius 2 is 1.72 bits per heavy atom. The van der Waals surface area contributed by atoms with E-state index in [0.29, 0.717) is 23.8 Å². The highest BCUT2D eigenvalue weighted by Gasteiger charge is 2.26. The number of nitrogens with zero attached hydrogens (tertiary/aromatic N) is 3. The van der Waals surface area contributed by atoms with Gasteiger partial charge in [-0.15, -0.1) is 0 Å². The van der Waals surface area contributed by atoms with Crippen molar-refractivity contribution in [3.8, 4) is 0 Å². The van der Waals surface area contributed by atoms with E-state index in [4.69, 9.17) is 9.72 Å². The number of esters is 1. The lowest BCUT2D eigenvalue weighted by molar-refractivity contribution is 0.0597. The average molecular weight is 412 g/mol. The molecule has 29 heavy (non-hydrogen) atoms. The Bertz CT molecular complexity index is 1060. The van der Waals surface area contributed by atoms with Gasteiger partial charge in [-0.3, -0.25) is 9.69 Å². The molecule has 3 aromatic rings. The van der Waals surface area contributed by atoms with E-state index in [1.165, 1.54) is 18.4 Å². The van der Waals surface area contributed by atoms with E-state index in [1.807, 2.05) is 32.0 Å². The summed E-state index contributed by atoms with van der Waals surface area (Å²) >= 11 is 1.48. The van der Waals surface area contributed by atoms with Gasteiger partial charge in [0.2, 0.25) is 0 Å². The number of benzene rings is 2. The second-order valence-electron chi connectivity index (χ2n) is 7.15. The van der Waals surface area contributed by atoms with Gasteiger partial charge in [0.1, 0.15) is 0 Å². The van der Waals surface area contributed by atoms with Crippen molar-refractivity contribution in [2.45, 2.75) is 13.8 Å². The van der Waals surface area contributed by atoms with Crippen LogP contribution in [0.2, 0.25) is 0 Å². The smallest absolute Gasteiger partial charge is 0.338 e. The number of methoxy groups -OCH3 is 1. The number of carbonyl (C=O) groups is 2. The number of rotatable bonds is 6. The number of hydrogen-bond acceptors (Lipinski definition) is 6. The molecule has 0 unspecified atom stereocenters. The standard InChI is InChI=1S/C22H25N3O3S/c1-14-10-11-18-19(15(14)2)23-22(29-18)25(13-12-24(3)4)20(26)16-8-6-7-9-17(16)21(27)28-5/h6-11H,12-13H2,1-5H3. The molecule has 1 aromatic heterocycles. The fourth-order valence-corrected chi connectivity index (χ4v) is 4.07. The predicted molar refractivity (Wildman–Crippen MR) is 117 cm³/mol. The molecule has 0 bridgehead atoms. The minimum Gasteiger partial charge on any atom is -0.465 e. The van der Waals surface area contributed by atoms with Crippen molar-refractivity contribution in [2.75, 3.05) is 39.2 Å². The Morgan fingerprint density at radius 1 is 1.03 bits per heavy atom. The Morgan fingerprint density at radius 3 is 2.38 bits per heavy atom. The Hall–Kier alpha value is -2.77. The van der Waals surface area contributed by atoms with Gasteiger partial charge in [-0.1, -0.05) is 29.5 Å². The SMILES string of the molecule is COC(=O)c1ccccc1C(=O)N(CCN(C)C)c1nc2c(C)c(C)ccc2s1. The van der Waals surface area contributed by atoms with E-state index in [-0.39, 0.29) is 11.5 Å². The number of aromatic nitrogens is 1. The molecule has 0 aliphatic rings. The molecule has 0 N–H and O–H groups in total. The molecule has 0 radical (unpaired) electrons. The van der Waals surface area contributed by atoms with Crippen molar-refractivity contribution in [1.29, 1.82) is 0 Å². The molecular weight excluding hydrogens is 386 g/mol. The van der Waals surface area contributed by atoms with Crippen LogP contribution in [0.4, 0.5) is 5.13 Å². The highest BCUT2D eigenvalue weighted by molar-refractivity contribution is 7.22. The van der Waals surface area contributed by atoms with Crippen molar-refractivity contribution in [3.05, 3.63) is 58.7 Å². The summed E-state index contributed by atoms with van der Waals surface area (Å²) in [4.78, 5) is 34.1. The third kappa shape index (κ3) is 4.31. The van der Waals surface area contributed by atoms with Crippen LogP contribution in [-0.4, -0.2) is 56.1 Å². The molecule has 1 heterocycles. The van der Waals surface area contributed by atoms with Crippen molar-refractivity contribution in [1.82, 2.24) is 9.88 Å². The molecule has 3 rings (SSSR count). The number of fused-ring (bicyclic) bond motifs is 1. The maximum atomic E-state index is 13.5. The summed E-state index contributed by atoms with van der Waals surface area (Å²) in [5.74, 6) is -0.793. The number of carbonyl (C=O) groups excluding carboxylic acids is 2. The van der Waals surface area contributed by atoms with E-state index in [2.05, 4.69) is 13.0 Å². The summed E-state index contributed by atoms with van der Waals surface area (Å²) in [5, 5.41) is 0.625. The second-order valence-corrected chi connectivity index (χ2v) is 8.16. The number of amides is 1. The third-order valence-corrected chi connectivity index (χ3v) is 5.93. The highest BCUT2D eigenvalue weighted by atomic mass is 32.1. The quantitative estimate of drug-likeness (QED) is 0.576. The molecule has 152 valence electrons. The van der Waals surface area contributed by atoms with Gasteiger partial charge in [-0.25, -0.2) is 9.78 Å². The number of likely N-dealkylation sites (N-methyl/N-ethyl adjacent to an activating group) is 1. The molecule has 0 aliphatic carbocycles. The molecule has 0 fully saturated rings. The van der Waals surface area contributed by atoms with Gasteiger partial charge in [0, 0.05) is 13.1 Å². The van der Waals surface area contributed by atoms with E-state index < -0.39 is 5.97 Å². The van der Waals surface area contributed by atoms with Gasteiger partial charge >= 0.3 is 5.97 Å². The molecule has 0 aliphatic heterocycles. The van der Waals surface area contributed by atoms with Crippen LogP contribution < -0.4 is 4.90 Å². The van der Waals surface area contributed by atoms with Gasteiger partial charge in [-0.05, 0) is 57.3 Å². The zero-order valence-electron chi connectivity index (χ0n) is 17.4. The Balaban J connectivity index is 2.08. The average Bonchev–Trinajstić information content (AvgIpc) is 3.14. The molecule has 0 spiro atoms. The summed E-state index contributed by atoms with van der Waals surface area (Å²) in [6.07, 6.45) is 0. The fourth-order valence-electron chi connectivity index (χ4n) is 3.02. The number of ether oxygens (including phenoxy) is 1. The van der Waals surface area contributed by atoms with Gasteiger partial charge < -0.3 is 9.64 Å². The van der Waals surface area contributed by atoms with Crippen molar-refractivity contribution in [3.63, 3.8) is 0 Å². The fraction of sp³-hybridized carbons (Fsp3) is 0.318. The molecule has 0 saturated heterocycles. The van der Waals surface area contributed by atoms with Crippen LogP contribution in [0.25, 0.3) is 10.2 Å².